The van der Waals surface area contributed by atoms with Crippen molar-refractivity contribution in [3.8, 4) is 0 Å². The monoisotopic (exact) mass is 312 g/mol. The van der Waals surface area contributed by atoms with Gasteiger partial charge < -0.3 is 4.74 Å². The molecular weight excluding hydrogens is 295 g/mol. The molecule has 7 heteroatoms. The molecule has 0 aromatic rings. The first-order valence-electron chi connectivity index (χ1n) is 5.67. The summed E-state index contributed by atoms with van der Waals surface area (Å²) in [7, 11) is 0. The first kappa shape index (κ1) is 20.4. The summed E-state index contributed by atoms with van der Waals surface area (Å²) in [5.74, 6) is -1.30. The molecule has 0 aromatic carbocycles. The standard InChI is InChI=1S/C7H11ClO3.C5H7ClO2/c1-2-3-11-7(10)4-6(9)5-8;1-4(7)2-5(8)3-6/h2-5H2,1H3;2-3H2,1H3. The third-order valence-corrected chi connectivity index (χ3v) is 2.15. The Bertz CT molecular complexity index is 315. The molecule has 19 heavy (non-hydrogen) atoms. The van der Waals surface area contributed by atoms with Gasteiger partial charge in [0.05, 0.1) is 24.8 Å². The predicted octanol–water partition coefficient (Wildman–Crippen LogP) is 1.91. The number of Topliss-reactive ketones (excluding diaryl/α,β-unsaturated/α-hetero) is 3. The lowest BCUT2D eigenvalue weighted by molar-refractivity contribution is -0.145. The van der Waals surface area contributed by atoms with E-state index in [1.807, 2.05) is 6.92 Å². The minimum atomic E-state index is -0.488. The molecule has 0 saturated heterocycles. The molecule has 0 aromatic heterocycles. The van der Waals surface area contributed by atoms with E-state index in [1.165, 1.54) is 6.92 Å². The van der Waals surface area contributed by atoms with Crippen molar-refractivity contribution < 1.29 is 23.9 Å². The van der Waals surface area contributed by atoms with Gasteiger partial charge in [-0.15, -0.1) is 23.2 Å². The van der Waals surface area contributed by atoms with Gasteiger partial charge >= 0.3 is 5.97 Å². The number of ketones is 3. The van der Waals surface area contributed by atoms with E-state index in [9.17, 15) is 19.2 Å². The van der Waals surface area contributed by atoms with Crippen LogP contribution in [0.15, 0.2) is 0 Å². The molecule has 0 radical (unpaired) electrons. The molecule has 0 atom stereocenters. The maximum atomic E-state index is 10.7. The van der Waals surface area contributed by atoms with Crippen molar-refractivity contribution in [1.82, 2.24) is 0 Å². The van der Waals surface area contributed by atoms with E-state index in [-0.39, 0.29) is 42.0 Å². The van der Waals surface area contributed by atoms with E-state index in [4.69, 9.17) is 23.2 Å². The van der Waals surface area contributed by atoms with Crippen LogP contribution in [0.5, 0.6) is 0 Å². The Morgan fingerprint density at radius 3 is 1.74 bits per heavy atom. The van der Waals surface area contributed by atoms with Crippen molar-refractivity contribution in [2.45, 2.75) is 33.1 Å². The van der Waals surface area contributed by atoms with Crippen molar-refractivity contribution in [2.75, 3.05) is 18.4 Å². The number of ether oxygens (including phenoxy) is 1. The fourth-order valence-electron chi connectivity index (χ4n) is 0.800. The van der Waals surface area contributed by atoms with Gasteiger partial charge in [0.25, 0.3) is 0 Å². The predicted molar refractivity (Wildman–Crippen MR) is 72.6 cm³/mol. The highest BCUT2D eigenvalue weighted by molar-refractivity contribution is 6.29. The van der Waals surface area contributed by atoms with Crippen molar-refractivity contribution in [3.05, 3.63) is 0 Å². The summed E-state index contributed by atoms with van der Waals surface area (Å²) in [5, 5.41) is 0. The van der Waals surface area contributed by atoms with E-state index >= 15 is 0 Å². The largest absolute Gasteiger partial charge is 0.465 e. The number of halogens is 2. The molecule has 0 saturated carbocycles. The van der Waals surface area contributed by atoms with Crippen LogP contribution in [-0.4, -0.2) is 41.7 Å². The van der Waals surface area contributed by atoms with Crippen molar-refractivity contribution >= 4 is 46.5 Å². The van der Waals surface area contributed by atoms with Crippen LogP contribution < -0.4 is 0 Å². The maximum absolute atomic E-state index is 10.7. The lowest BCUT2D eigenvalue weighted by Crippen LogP contribution is -2.12. The normalized spacial score (nSPS) is 9.05. The number of rotatable bonds is 8. The number of carbonyl (C=O) groups excluding carboxylic acids is 4. The van der Waals surface area contributed by atoms with Gasteiger partial charge in [-0.25, -0.2) is 0 Å². The summed E-state index contributed by atoms with van der Waals surface area (Å²) in [6.07, 6.45) is 0.536. The van der Waals surface area contributed by atoms with Crippen molar-refractivity contribution in [2.24, 2.45) is 0 Å². The van der Waals surface area contributed by atoms with Gasteiger partial charge in [0.1, 0.15) is 12.2 Å². The van der Waals surface area contributed by atoms with Gasteiger partial charge in [0, 0.05) is 0 Å². The highest BCUT2D eigenvalue weighted by atomic mass is 35.5. The molecule has 0 amide bonds. The zero-order valence-corrected chi connectivity index (χ0v) is 12.6. The summed E-state index contributed by atoms with van der Waals surface area (Å²) in [5.41, 5.74) is 0. The molecule has 0 aliphatic carbocycles. The second kappa shape index (κ2) is 13.5. The number of alkyl halides is 2. The summed E-state index contributed by atoms with van der Waals surface area (Å²) in [4.78, 5) is 41.6. The quantitative estimate of drug-likeness (QED) is 0.388. The summed E-state index contributed by atoms with van der Waals surface area (Å²) < 4.78 is 4.65. The second-order valence-corrected chi connectivity index (χ2v) is 4.16. The Labute approximate surface area is 122 Å². The fraction of sp³-hybridized carbons (Fsp3) is 0.667. The molecule has 0 heterocycles. The summed E-state index contributed by atoms with van der Waals surface area (Å²) in [6.45, 7) is 3.62. The summed E-state index contributed by atoms with van der Waals surface area (Å²) in [6, 6.07) is 0. The lowest BCUT2D eigenvalue weighted by atomic mass is 10.2. The van der Waals surface area contributed by atoms with E-state index in [1.54, 1.807) is 0 Å². The second-order valence-electron chi connectivity index (χ2n) is 3.62. The first-order valence-corrected chi connectivity index (χ1v) is 6.74. The van der Waals surface area contributed by atoms with Gasteiger partial charge in [-0.05, 0) is 13.3 Å². The van der Waals surface area contributed by atoms with Gasteiger partial charge in [-0.1, -0.05) is 6.92 Å². The lowest BCUT2D eigenvalue weighted by Gasteiger charge is -1.99. The minimum Gasteiger partial charge on any atom is -0.465 e. The molecule has 0 N–H and O–H groups in total. The van der Waals surface area contributed by atoms with Gasteiger partial charge in [0.2, 0.25) is 0 Å². The number of hydrogen-bond donors (Lipinski definition) is 0. The highest BCUT2D eigenvalue weighted by Gasteiger charge is 2.08. The van der Waals surface area contributed by atoms with Crippen LogP contribution >= 0.6 is 23.2 Å². The molecule has 5 nitrogen and oxygen atoms in total. The van der Waals surface area contributed by atoms with E-state index in [0.717, 1.165) is 6.42 Å². The Morgan fingerprint density at radius 2 is 1.42 bits per heavy atom. The Kier molecular flexibility index (Phi) is 14.5. The molecule has 0 bridgehead atoms. The van der Waals surface area contributed by atoms with Crippen molar-refractivity contribution in [3.63, 3.8) is 0 Å². The zero-order valence-electron chi connectivity index (χ0n) is 11.0. The van der Waals surface area contributed by atoms with Gasteiger partial charge in [-0.2, -0.15) is 0 Å². The number of carbonyl (C=O) groups is 4. The Morgan fingerprint density at radius 1 is 0.947 bits per heavy atom. The molecule has 0 unspecified atom stereocenters. The maximum Gasteiger partial charge on any atom is 0.313 e. The molecule has 0 spiro atoms. The average molecular weight is 313 g/mol. The van der Waals surface area contributed by atoms with Gasteiger partial charge in [-0.3, -0.25) is 19.2 Å². The SMILES string of the molecule is CC(=O)CC(=O)CCl.CCCOC(=O)CC(=O)CCl. The van der Waals surface area contributed by atoms with E-state index in [2.05, 4.69) is 4.74 Å². The first-order chi connectivity index (χ1) is 8.87. The van der Waals surface area contributed by atoms with E-state index in [0.29, 0.717) is 6.61 Å². The highest BCUT2D eigenvalue weighted by Crippen LogP contribution is 1.91. The Balaban J connectivity index is 0. The topological polar surface area (TPSA) is 77.5 Å². The third kappa shape index (κ3) is 17.1. The smallest absolute Gasteiger partial charge is 0.313 e. The van der Waals surface area contributed by atoms with E-state index < -0.39 is 5.97 Å². The zero-order chi connectivity index (χ0) is 15.3. The number of hydrogen-bond acceptors (Lipinski definition) is 5. The van der Waals surface area contributed by atoms with Crippen LogP contribution in [0.4, 0.5) is 0 Å². The average Bonchev–Trinajstić information content (AvgIpc) is 2.36. The summed E-state index contributed by atoms with van der Waals surface area (Å²) >= 11 is 10.3. The van der Waals surface area contributed by atoms with Crippen LogP contribution in [0.3, 0.4) is 0 Å². The molecule has 0 fully saturated rings. The molecule has 0 aliphatic rings. The minimum absolute atomic E-state index is 0.0243. The van der Waals surface area contributed by atoms with Crippen LogP contribution in [0.25, 0.3) is 0 Å². The van der Waals surface area contributed by atoms with Crippen LogP contribution in [0.1, 0.15) is 33.1 Å². The van der Waals surface area contributed by atoms with Crippen LogP contribution in [0.2, 0.25) is 0 Å². The fourth-order valence-corrected chi connectivity index (χ4v) is 0.989. The number of esters is 1. The molecule has 0 rings (SSSR count). The van der Waals surface area contributed by atoms with Gasteiger partial charge in [0.15, 0.2) is 11.6 Å². The van der Waals surface area contributed by atoms with Crippen molar-refractivity contribution in [1.29, 1.82) is 0 Å². The molecule has 110 valence electrons. The Hall–Kier alpha value is -0.940. The van der Waals surface area contributed by atoms with Crippen LogP contribution in [-0.2, 0) is 23.9 Å². The molecular formula is C12H18Cl2O5. The van der Waals surface area contributed by atoms with Crippen LogP contribution in [0, 0.1) is 0 Å². The third-order valence-electron chi connectivity index (χ3n) is 1.55. The molecule has 0 aliphatic heterocycles.